The Morgan fingerprint density at radius 3 is 2.17 bits per heavy atom. The average Bonchev–Trinajstić information content (AvgIpc) is 3.09. The lowest BCUT2D eigenvalue weighted by Gasteiger charge is -2.44. The van der Waals surface area contributed by atoms with Crippen molar-refractivity contribution in [3.8, 4) is 0 Å². The highest BCUT2D eigenvalue weighted by Crippen LogP contribution is 2.44. The van der Waals surface area contributed by atoms with E-state index < -0.39 is 28.8 Å². The van der Waals surface area contributed by atoms with Gasteiger partial charge >= 0.3 is 6.18 Å². The summed E-state index contributed by atoms with van der Waals surface area (Å²) < 4.78 is 54.4. The molecular formula is C27H23F4N3O2. The van der Waals surface area contributed by atoms with Crippen molar-refractivity contribution in [1.82, 2.24) is 14.8 Å². The lowest BCUT2D eigenvalue weighted by atomic mass is 9.82. The van der Waals surface area contributed by atoms with Crippen LogP contribution in [0.25, 0.3) is 0 Å². The van der Waals surface area contributed by atoms with Crippen LogP contribution in [0.1, 0.15) is 43.0 Å². The summed E-state index contributed by atoms with van der Waals surface area (Å²) in [5.41, 5.74) is -0.856. The fourth-order valence-corrected chi connectivity index (χ4v) is 5.19. The minimum Gasteiger partial charge on any atom is -0.297 e. The molecule has 1 aliphatic carbocycles. The lowest BCUT2D eigenvalue weighted by molar-refractivity contribution is -0.138. The van der Waals surface area contributed by atoms with Crippen LogP contribution in [0.5, 0.6) is 0 Å². The van der Waals surface area contributed by atoms with E-state index in [4.69, 9.17) is 0 Å². The molecule has 2 aliphatic rings. The van der Waals surface area contributed by atoms with Crippen LogP contribution in [0.3, 0.4) is 0 Å². The van der Waals surface area contributed by atoms with Crippen LogP contribution in [0.15, 0.2) is 60.9 Å². The summed E-state index contributed by atoms with van der Waals surface area (Å²) in [6.07, 6.45) is -2.81. The Labute approximate surface area is 205 Å². The Morgan fingerprint density at radius 2 is 1.56 bits per heavy atom. The van der Waals surface area contributed by atoms with Crippen molar-refractivity contribution in [2.24, 2.45) is 0 Å². The molecule has 1 saturated heterocycles. The molecule has 36 heavy (non-hydrogen) atoms. The number of aromatic nitrogens is 1. The normalized spacial score (nSPS) is 18.5. The number of hydrogen-bond donors (Lipinski definition) is 0. The van der Waals surface area contributed by atoms with E-state index in [1.165, 1.54) is 30.5 Å². The van der Waals surface area contributed by atoms with E-state index in [1.54, 1.807) is 23.1 Å². The third-order valence-electron chi connectivity index (χ3n) is 7.11. The molecule has 0 bridgehead atoms. The highest BCUT2D eigenvalue weighted by Gasteiger charge is 2.58. The van der Waals surface area contributed by atoms with Gasteiger partial charge in [0.25, 0.3) is 0 Å². The summed E-state index contributed by atoms with van der Waals surface area (Å²) >= 11 is 0. The molecule has 2 heterocycles. The number of alkyl halides is 3. The molecule has 1 fully saturated rings. The summed E-state index contributed by atoms with van der Waals surface area (Å²) in [5.74, 6) is -1.41. The number of pyridine rings is 1. The largest absolute Gasteiger partial charge is 0.417 e. The third-order valence-corrected chi connectivity index (χ3v) is 7.11. The number of halogens is 4. The summed E-state index contributed by atoms with van der Waals surface area (Å²) in [6.45, 7) is 3.79. The number of fused-ring (bicyclic) bond motifs is 1. The van der Waals surface area contributed by atoms with E-state index in [0.29, 0.717) is 25.8 Å². The van der Waals surface area contributed by atoms with Gasteiger partial charge in [0.1, 0.15) is 5.82 Å². The zero-order chi connectivity index (χ0) is 25.7. The number of hydrogen-bond acceptors (Lipinski definition) is 5. The molecule has 1 aliphatic heterocycles. The maximum absolute atomic E-state index is 13.8. The zero-order valence-corrected chi connectivity index (χ0v) is 19.5. The summed E-state index contributed by atoms with van der Waals surface area (Å²) in [7, 11) is 0. The fraction of sp³-hybridized carbons (Fsp3) is 0.296. The van der Waals surface area contributed by atoms with Gasteiger partial charge in [0.15, 0.2) is 17.1 Å². The van der Waals surface area contributed by atoms with Crippen molar-refractivity contribution in [3.05, 3.63) is 100 Å². The topological polar surface area (TPSA) is 53.5 Å². The first-order valence-electron chi connectivity index (χ1n) is 11.6. The van der Waals surface area contributed by atoms with Crippen LogP contribution >= 0.6 is 0 Å². The van der Waals surface area contributed by atoms with Crippen molar-refractivity contribution in [1.29, 1.82) is 0 Å². The lowest BCUT2D eigenvalue weighted by Crippen LogP contribution is -2.60. The average molecular weight is 497 g/mol. The molecule has 5 nitrogen and oxygen atoms in total. The molecule has 0 radical (unpaired) electrons. The molecule has 186 valence electrons. The second kappa shape index (κ2) is 8.90. The van der Waals surface area contributed by atoms with Gasteiger partial charge in [-0.3, -0.25) is 24.4 Å². The Kier molecular flexibility index (Phi) is 6.00. The standard InChI is InChI=1S/C27H23F4N3O2/c1-17-6-7-21(28)12-18(17)16-33-8-10-34(11-9-33)26(19-13-20(15-32-14-19)27(29,30)31)24(35)22-4-2-3-5-23(22)25(26)36/h2-7,12-15H,8-11,16H2,1H3. The predicted molar refractivity (Wildman–Crippen MR) is 124 cm³/mol. The van der Waals surface area contributed by atoms with Gasteiger partial charge in [-0.15, -0.1) is 0 Å². The number of carbonyl (C=O) groups is 2. The summed E-state index contributed by atoms with van der Waals surface area (Å²) in [5, 5.41) is 0. The molecule has 0 unspecified atom stereocenters. The van der Waals surface area contributed by atoms with Gasteiger partial charge in [-0.2, -0.15) is 13.2 Å². The van der Waals surface area contributed by atoms with Crippen LogP contribution in [0, 0.1) is 12.7 Å². The van der Waals surface area contributed by atoms with E-state index in [2.05, 4.69) is 9.88 Å². The number of ketones is 2. The van der Waals surface area contributed by atoms with E-state index in [-0.39, 0.29) is 35.6 Å². The van der Waals surface area contributed by atoms with Crippen molar-refractivity contribution < 1.29 is 27.2 Å². The SMILES string of the molecule is Cc1ccc(F)cc1CN1CCN(C2(c3cncc(C(F)(F)F)c3)C(=O)c3ccccc3C2=O)CC1. The van der Waals surface area contributed by atoms with Gasteiger partial charge in [0.05, 0.1) is 5.56 Å². The second-order valence-corrected chi connectivity index (χ2v) is 9.21. The number of nitrogens with zero attached hydrogens (tertiary/aromatic N) is 3. The monoisotopic (exact) mass is 497 g/mol. The maximum atomic E-state index is 13.8. The van der Waals surface area contributed by atoms with E-state index in [9.17, 15) is 27.2 Å². The molecule has 0 amide bonds. The first kappa shape index (κ1) is 24.3. The minimum atomic E-state index is -4.68. The highest BCUT2D eigenvalue weighted by molar-refractivity contribution is 6.32. The number of piperazine rings is 1. The summed E-state index contributed by atoms with van der Waals surface area (Å²) in [4.78, 5) is 35.1. The van der Waals surface area contributed by atoms with Crippen LogP contribution in [0.4, 0.5) is 17.6 Å². The number of aryl methyl sites for hydroxylation is 1. The number of carbonyl (C=O) groups excluding carboxylic acids is 2. The Morgan fingerprint density at radius 1 is 0.917 bits per heavy atom. The van der Waals surface area contributed by atoms with Gasteiger partial charge < -0.3 is 0 Å². The molecule has 0 saturated carbocycles. The molecule has 0 atom stereocenters. The molecule has 2 aromatic carbocycles. The Balaban J connectivity index is 1.51. The molecule has 0 spiro atoms. The minimum absolute atomic E-state index is 0.0852. The predicted octanol–water partition coefficient (Wildman–Crippen LogP) is 4.64. The van der Waals surface area contributed by atoms with Crippen LogP contribution in [0.2, 0.25) is 0 Å². The first-order valence-corrected chi connectivity index (χ1v) is 11.6. The fourth-order valence-electron chi connectivity index (χ4n) is 5.19. The molecule has 1 aromatic heterocycles. The summed E-state index contributed by atoms with van der Waals surface area (Å²) in [6, 6.07) is 11.8. The van der Waals surface area contributed by atoms with Gasteiger partial charge in [0.2, 0.25) is 0 Å². The van der Waals surface area contributed by atoms with Crippen molar-refractivity contribution in [2.45, 2.75) is 25.2 Å². The first-order chi connectivity index (χ1) is 17.1. The molecule has 9 heteroatoms. The second-order valence-electron chi connectivity index (χ2n) is 9.21. The van der Waals surface area contributed by atoms with E-state index >= 15 is 0 Å². The number of rotatable bonds is 4. The molecule has 3 aromatic rings. The smallest absolute Gasteiger partial charge is 0.297 e. The van der Waals surface area contributed by atoms with Crippen LogP contribution < -0.4 is 0 Å². The van der Waals surface area contributed by atoms with Gasteiger partial charge in [-0.1, -0.05) is 30.3 Å². The highest BCUT2D eigenvalue weighted by atomic mass is 19.4. The quantitative estimate of drug-likeness (QED) is 0.388. The van der Waals surface area contributed by atoms with E-state index in [1.807, 2.05) is 6.92 Å². The van der Waals surface area contributed by atoms with Gasteiger partial charge in [-0.05, 0) is 36.2 Å². The molecular weight excluding hydrogens is 474 g/mol. The number of benzene rings is 2. The van der Waals surface area contributed by atoms with Crippen LogP contribution in [-0.4, -0.2) is 52.5 Å². The zero-order valence-electron chi connectivity index (χ0n) is 19.5. The Hall–Kier alpha value is -3.43. The van der Waals surface area contributed by atoms with E-state index in [0.717, 1.165) is 17.2 Å². The van der Waals surface area contributed by atoms with Gasteiger partial charge in [0, 0.05) is 61.8 Å². The number of Topliss-reactive ketones (excluding diaryl/α,β-unsaturated/α-hetero) is 2. The van der Waals surface area contributed by atoms with Crippen LogP contribution in [-0.2, 0) is 18.3 Å². The maximum Gasteiger partial charge on any atom is 0.417 e. The Bertz CT molecular complexity index is 1310. The van der Waals surface area contributed by atoms with Crippen molar-refractivity contribution in [3.63, 3.8) is 0 Å². The van der Waals surface area contributed by atoms with Gasteiger partial charge in [-0.25, -0.2) is 4.39 Å². The molecule has 5 rings (SSSR count). The van der Waals surface area contributed by atoms with Crippen molar-refractivity contribution >= 4 is 11.6 Å². The van der Waals surface area contributed by atoms with Crippen molar-refractivity contribution in [2.75, 3.05) is 26.2 Å². The third kappa shape index (κ3) is 3.92. The molecule has 0 N–H and O–H groups in total.